The highest BCUT2D eigenvalue weighted by Crippen LogP contribution is 2.39. The molecular weight excluding hydrogens is 512 g/mol. The highest BCUT2D eigenvalue weighted by atomic mass is 16.5. The Labute approximate surface area is 235 Å². The van der Waals surface area contributed by atoms with Crippen LogP contribution in [0.2, 0.25) is 0 Å². The van der Waals surface area contributed by atoms with Gasteiger partial charge in [-0.05, 0) is 64.0 Å². The number of hydrogen-bond donors (Lipinski definition) is 2. The lowest BCUT2D eigenvalue weighted by molar-refractivity contribution is 0.0916. The molecule has 12 heteroatoms. The molecule has 1 saturated heterocycles. The Bertz CT molecular complexity index is 1210. The SMILES string of the molecule is COCCN1C(=O)N(C)c2cnc(Nc3ccc(C(=O)NC4CCN(C)CC4)cc3OC)nc2N1C1CCCC1. The lowest BCUT2D eigenvalue weighted by Crippen LogP contribution is -2.59. The lowest BCUT2D eigenvalue weighted by Gasteiger charge is -2.46. The highest BCUT2D eigenvalue weighted by molar-refractivity contribution is 5.99. The molecule has 0 bridgehead atoms. The largest absolute Gasteiger partial charge is 0.495 e. The van der Waals surface area contributed by atoms with Crippen LogP contribution in [0.1, 0.15) is 48.9 Å². The van der Waals surface area contributed by atoms with E-state index in [2.05, 4.69) is 27.6 Å². The maximum atomic E-state index is 13.3. The molecule has 3 heterocycles. The maximum absolute atomic E-state index is 13.3. The first-order valence-electron chi connectivity index (χ1n) is 14.0. The average molecular weight is 553 g/mol. The number of urea groups is 1. The van der Waals surface area contributed by atoms with E-state index < -0.39 is 0 Å². The van der Waals surface area contributed by atoms with E-state index in [9.17, 15) is 9.59 Å². The quantitative estimate of drug-likeness (QED) is 0.484. The molecule has 0 spiro atoms. The summed E-state index contributed by atoms with van der Waals surface area (Å²) in [5, 5.41) is 10.2. The summed E-state index contributed by atoms with van der Waals surface area (Å²) in [7, 11) is 7.04. The van der Waals surface area contributed by atoms with Gasteiger partial charge in [-0.15, -0.1) is 0 Å². The summed E-state index contributed by atoms with van der Waals surface area (Å²) in [5.74, 6) is 1.45. The number of fused-ring (bicyclic) bond motifs is 1. The number of carbonyl (C=O) groups excluding carboxylic acids is 2. The third kappa shape index (κ3) is 5.78. The zero-order chi connectivity index (χ0) is 28.2. The van der Waals surface area contributed by atoms with Crippen LogP contribution in [0.5, 0.6) is 5.75 Å². The van der Waals surface area contributed by atoms with Crippen molar-refractivity contribution in [2.45, 2.75) is 50.6 Å². The number of methoxy groups -OCH3 is 2. The molecule has 0 atom stereocenters. The molecule has 2 aromatic rings. The van der Waals surface area contributed by atoms with Gasteiger partial charge in [-0.1, -0.05) is 12.8 Å². The van der Waals surface area contributed by atoms with Gasteiger partial charge in [-0.2, -0.15) is 4.98 Å². The Morgan fingerprint density at radius 1 is 1.10 bits per heavy atom. The molecule has 5 rings (SSSR count). The summed E-state index contributed by atoms with van der Waals surface area (Å²) in [6.45, 7) is 2.80. The van der Waals surface area contributed by atoms with Crippen molar-refractivity contribution in [1.29, 1.82) is 0 Å². The van der Waals surface area contributed by atoms with E-state index in [0.29, 0.717) is 47.6 Å². The minimum atomic E-state index is -0.128. The Kier molecular flexibility index (Phi) is 8.55. The first-order chi connectivity index (χ1) is 19.4. The van der Waals surface area contributed by atoms with Crippen LogP contribution < -0.4 is 25.3 Å². The summed E-state index contributed by atoms with van der Waals surface area (Å²) in [6.07, 6.45) is 7.76. The molecule has 1 saturated carbocycles. The van der Waals surface area contributed by atoms with Crippen molar-refractivity contribution in [3.63, 3.8) is 0 Å². The number of amides is 3. The van der Waals surface area contributed by atoms with Crippen molar-refractivity contribution in [3.8, 4) is 5.75 Å². The number of nitrogens with zero attached hydrogens (tertiary/aromatic N) is 6. The van der Waals surface area contributed by atoms with Gasteiger partial charge in [0.1, 0.15) is 11.4 Å². The predicted octanol–water partition coefficient (Wildman–Crippen LogP) is 3.24. The molecule has 12 nitrogen and oxygen atoms in total. The van der Waals surface area contributed by atoms with Gasteiger partial charge in [0, 0.05) is 25.8 Å². The molecule has 0 unspecified atom stereocenters. The zero-order valence-corrected chi connectivity index (χ0v) is 23.9. The lowest BCUT2D eigenvalue weighted by atomic mass is 10.0. The van der Waals surface area contributed by atoms with Gasteiger partial charge >= 0.3 is 6.03 Å². The van der Waals surface area contributed by atoms with Gasteiger partial charge in [-0.25, -0.2) is 14.8 Å². The van der Waals surface area contributed by atoms with E-state index in [1.54, 1.807) is 55.6 Å². The van der Waals surface area contributed by atoms with Crippen LogP contribution in [0.15, 0.2) is 24.4 Å². The average Bonchev–Trinajstić information content (AvgIpc) is 3.50. The number of ether oxygens (including phenoxy) is 2. The van der Waals surface area contributed by atoms with E-state index in [1.807, 2.05) is 5.01 Å². The van der Waals surface area contributed by atoms with Crippen molar-refractivity contribution < 1.29 is 19.1 Å². The second kappa shape index (κ2) is 12.3. The molecule has 0 radical (unpaired) electrons. The van der Waals surface area contributed by atoms with Crippen LogP contribution in [0.25, 0.3) is 0 Å². The van der Waals surface area contributed by atoms with Crippen LogP contribution in [-0.2, 0) is 4.74 Å². The molecule has 1 aromatic carbocycles. The van der Waals surface area contributed by atoms with E-state index in [4.69, 9.17) is 14.5 Å². The number of hydrogen-bond acceptors (Lipinski definition) is 9. The van der Waals surface area contributed by atoms with Gasteiger partial charge < -0.3 is 25.0 Å². The van der Waals surface area contributed by atoms with Crippen molar-refractivity contribution in [1.82, 2.24) is 25.2 Å². The second-order valence-corrected chi connectivity index (χ2v) is 10.7. The van der Waals surface area contributed by atoms with Crippen molar-refractivity contribution >= 4 is 35.1 Å². The molecule has 40 heavy (non-hydrogen) atoms. The van der Waals surface area contributed by atoms with Crippen LogP contribution in [0, 0.1) is 0 Å². The summed E-state index contributed by atoms with van der Waals surface area (Å²) < 4.78 is 10.9. The Hall–Kier alpha value is -3.64. The first-order valence-corrected chi connectivity index (χ1v) is 14.0. The molecule has 3 aliphatic rings. The number of hydrazine groups is 1. The number of rotatable bonds is 9. The van der Waals surface area contributed by atoms with Gasteiger partial charge in [0.2, 0.25) is 5.95 Å². The molecule has 1 aliphatic carbocycles. The Morgan fingerprint density at radius 3 is 2.55 bits per heavy atom. The highest BCUT2D eigenvalue weighted by Gasteiger charge is 2.40. The van der Waals surface area contributed by atoms with Crippen LogP contribution in [0.3, 0.4) is 0 Å². The fourth-order valence-corrected chi connectivity index (χ4v) is 5.69. The molecule has 2 fully saturated rings. The standard InChI is InChI=1S/C28H40N8O4/c1-33-13-11-20(12-14-33)30-26(37)19-9-10-22(24(17-19)40-4)31-27-29-18-23-25(32-27)36(21-7-5-6-8-21)35(15-16-39-3)28(38)34(23)2/h9-10,17-18,20-21H,5-8,11-16H2,1-4H3,(H,30,37)(H,29,31,32). The molecule has 2 aliphatic heterocycles. The minimum Gasteiger partial charge on any atom is -0.495 e. The third-order valence-corrected chi connectivity index (χ3v) is 8.04. The van der Waals surface area contributed by atoms with E-state index in [1.165, 1.54) is 0 Å². The summed E-state index contributed by atoms with van der Waals surface area (Å²) >= 11 is 0. The topological polar surface area (TPSA) is 115 Å². The molecule has 2 N–H and O–H groups in total. The fourth-order valence-electron chi connectivity index (χ4n) is 5.69. The molecule has 1 aromatic heterocycles. The monoisotopic (exact) mass is 552 g/mol. The normalized spacial score (nSPS) is 18.7. The van der Waals surface area contributed by atoms with Crippen LogP contribution in [0.4, 0.5) is 27.9 Å². The first kappa shape index (κ1) is 27.9. The zero-order valence-electron chi connectivity index (χ0n) is 23.9. The minimum absolute atomic E-state index is 0.111. The van der Waals surface area contributed by atoms with E-state index in [0.717, 1.165) is 51.6 Å². The van der Waals surface area contributed by atoms with Crippen molar-refractivity contribution in [2.75, 3.05) is 69.8 Å². The molecular formula is C28H40N8O4. The van der Waals surface area contributed by atoms with Crippen LogP contribution in [-0.4, -0.2) is 98.5 Å². The van der Waals surface area contributed by atoms with E-state index >= 15 is 0 Å². The van der Waals surface area contributed by atoms with E-state index in [-0.39, 0.29) is 24.0 Å². The number of piperidine rings is 1. The second-order valence-electron chi connectivity index (χ2n) is 10.7. The van der Waals surface area contributed by atoms with Crippen LogP contribution >= 0.6 is 0 Å². The van der Waals surface area contributed by atoms with Gasteiger partial charge in [-0.3, -0.25) is 14.7 Å². The number of likely N-dealkylation sites (tertiary alicyclic amines) is 1. The smallest absolute Gasteiger partial charge is 0.343 e. The Morgan fingerprint density at radius 2 is 1.85 bits per heavy atom. The van der Waals surface area contributed by atoms with Gasteiger partial charge in [0.05, 0.1) is 38.2 Å². The summed E-state index contributed by atoms with van der Waals surface area (Å²) in [6, 6.07) is 5.53. The predicted molar refractivity (Wildman–Crippen MR) is 153 cm³/mol. The number of carbonyl (C=O) groups is 2. The number of anilines is 4. The number of nitrogens with one attached hydrogen (secondary N) is 2. The van der Waals surface area contributed by atoms with Crippen molar-refractivity contribution in [3.05, 3.63) is 30.0 Å². The third-order valence-electron chi connectivity index (χ3n) is 8.04. The molecule has 3 amide bonds. The Balaban J connectivity index is 1.38. The van der Waals surface area contributed by atoms with Crippen molar-refractivity contribution in [2.24, 2.45) is 0 Å². The fraction of sp³-hybridized carbons (Fsp3) is 0.571. The van der Waals surface area contributed by atoms with Gasteiger partial charge in [0.25, 0.3) is 5.91 Å². The summed E-state index contributed by atoms with van der Waals surface area (Å²) in [5.41, 5.74) is 1.83. The summed E-state index contributed by atoms with van der Waals surface area (Å²) in [4.78, 5) is 39.5. The molecule has 216 valence electrons. The van der Waals surface area contributed by atoms with Gasteiger partial charge in [0.15, 0.2) is 5.82 Å². The maximum Gasteiger partial charge on any atom is 0.343 e. The number of aromatic nitrogens is 2. The number of benzene rings is 1.